The zero-order valence-electron chi connectivity index (χ0n) is 20.1. The Morgan fingerprint density at radius 1 is 0.944 bits per heavy atom. The van der Waals surface area contributed by atoms with Crippen LogP contribution in [0.25, 0.3) is 54.9 Å². The first-order chi connectivity index (χ1) is 17.7. The molecule has 7 rings (SSSR count). The number of pyridine rings is 2. The molecule has 36 heavy (non-hydrogen) atoms. The third kappa shape index (κ3) is 3.81. The molecule has 5 aromatic heterocycles. The highest BCUT2D eigenvalue weighted by molar-refractivity contribution is 7.15. The average Bonchev–Trinajstić information content (AvgIpc) is 3.70. The number of fused-ring (bicyclic) bond motifs is 2. The fourth-order valence-electron chi connectivity index (χ4n) is 5.28. The van der Waals surface area contributed by atoms with Crippen molar-refractivity contribution in [3.63, 3.8) is 0 Å². The standard InChI is InChI=1S/C29H26N6S/c1-18-4-7-27(36-18)22-8-9-31-29-23(22)14-26(32-29)28-24-13-20(5-6-25(24)33-34-28)21-12-19(15-30-16-21)17-35-10-2-3-11-35/h4-9,12-16H,2-3,10-11,17H2,1H3,(H,31,32)(H,33,34). The summed E-state index contributed by atoms with van der Waals surface area (Å²) in [6, 6.07) is 17.4. The van der Waals surface area contributed by atoms with E-state index in [9.17, 15) is 0 Å². The Kier molecular flexibility index (Phi) is 5.18. The van der Waals surface area contributed by atoms with E-state index in [0.29, 0.717) is 0 Å². The predicted molar refractivity (Wildman–Crippen MR) is 147 cm³/mol. The van der Waals surface area contributed by atoms with Gasteiger partial charge in [0.1, 0.15) is 11.3 Å². The largest absolute Gasteiger partial charge is 0.338 e. The van der Waals surface area contributed by atoms with Crippen LogP contribution in [0.15, 0.2) is 67.1 Å². The number of H-pyrrole nitrogens is 2. The van der Waals surface area contributed by atoms with Gasteiger partial charge in [-0.1, -0.05) is 6.07 Å². The molecule has 6 aromatic rings. The first-order valence-electron chi connectivity index (χ1n) is 12.4. The molecular formula is C29H26N6S. The first-order valence-corrected chi connectivity index (χ1v) is 13.2. The highest BCUT2D eigenvalue weighted by Crippen LogP contribution is 2.36. The number of benzene rings is 1. The van der Waals surface area contributed by atoms with Crippen LogP contribution in [0.2, 0.25) is 0 Å². The third-order valence-electron chi connectivity index (χ3n) is 7.09. The molecule has 0 atom stereocenters. The maximum absolute atomic E-state index is 4.68. The predicted octanol–water partition coefficient (Wildman–Crippen LogP) is 6.80. The van der Waals surface area contributed by atoms with Crippen LogP contribution in [0.1, 0.15) is 23.3 Å². The van der Waals surface area contributed by atoms with Crippen molar-refractivity contribution >= 4 is 33.3 Å². The maximum Gasteiger partial charge on any atom is 0.138 e. The summed E-state index contributed by atoms with van der Waals surface area (Å²) >= 11 is 1.80. The Morgan fingerprint density at radius 2 is 1.86 bits per heavy atom. The number of aromatic nitrogens is 5. The smallest absolute Gasteiger partial charge is 0.138 e. The number of nitrogens with zero attached hydrogens (tertiary/aromatic N) is 4. The lowest BCUT2D eigenvalue weighted by molar-refractivity contribution is 0.331. The van der Waals surface area contributed by atoms with Gasteiger partial charge in [0.05, 0.1) is 11.2 Å². The topological polar surface area (TPSA) is 73.5 Å². The van der Waals surface area contributed by atoms with E-state index in [1.54, 1.807) is 11.3 Å². The number of thiophene rings is 1. The van der Waals surface area contributed by atoms with Gasteiger partial charge in [0, 0.05) is 56.8 Å². The van der Waals surface area contributed by atoms with Crippen LogP contribution in [-0.2, 0) is 6.54 Å². The molecule has 1 aliphatic rings. The van der Waals surface area contributed by atoms with E-state index in [2.05, 4.69) is 85.5 Å². The molecular weight excluding hydrogens is 464 g/mol. The Hall–Kier alpha value is -3.81. The first kappa shape index (κ1) is 21.5. The lowest BCUT2D eigenvalue weighted by Crippen LogP contribution is -2.18. The molecule has 6 heterocycles. The van der Waals surface area contributed by atoms with Crippen LogP contribution in [0.4, 0.5) is 0 Å². The Labute approximate surface area is 213 Å². The number of aryl methyl sites for hydroxylation is 1. The molecule has 6 nitrogen and oxygen atoms in total. The van der Waals surface area contributed by atoms with Crippen molar-refractivity contribution in [3.05, 3.63) is 77.6 Å². The van der Waals surface area contributed by atoms with Gasteiger partial charge in [-0.15, -0.1) is 11.3 Å². The molecule has 2 N–H and O–H groups in total. The molecule has 1 aromatic carbocycles. The van der Waals surface area contributed by atoms with Crippen LogP contribution in [0.3, 0.4) is 0 Å². The summed E-state index contributed by atoms with van der Waals surface area (Å²) in [4.78, 5) is 17.7. The SMILES string of the molecule is Cc1ccc(-c2ccnc3[nH]c(-c4n[nH]c5ccc(-c6cncc(CN7CCCC7)c6)cc45)cc23)s1. The van der Waals surface area contributed by atoms with Gasteiger partial charge in [0.25, 0.3) is 0 Å². The van der Waals surface area contributed by atoms with Crippen molar-refractivity contribution in [2.45, 2.75) is 26.3 Å². The number of aromatic amines is 2. The van der Waals surface area contributed by atoms with Crippen molar-refractivity contribution in [2.24, 2.45) is 0 Å². The van der Waals surface area contributed by atoms with Crippen molar-refractivity contribution in [1.29, 1.82) is 0 Å². The lowest BCUT2D eigenvalue weighted by Gasteiger charge is -2.14. The van der Waals surface area contributed by atoms with E-state index in [-0.39, 0.29) is 0 Å². The second-order valence-corrected chi connectivity index (χ2v) is 10.9. The Bertz CT molecular complexity index is 1700. The summed E-state index contributed by atoms with van der Waals surface area (Å²) < 4.78 is 0. The fourth-order valence-corrected chi connectivity index (χ4v) is 6.19. The number of rotatable bonds is 5. The van der Waals surface area contributed by atoms with Gasteiger partial charge in [-0.3, -0.25) is 15.0 Å². The molecule has 0 unspecified atom stereocenters. The van der Waals surface area contributed by atoms with Crippen LogP contribution in [-0.4, -0.2) is 43.1 Å². The second kappa shape index (κ2) is 8.69. The summed E-state index contributed by atoms with van der Waals surface area (Å²) in [5.74, 6) is 0. The van der Waals surface area contributed by atoms with E-state index in [1.165, 1.54) is 46.8 Å². The van der Waals surface area contributed by atoms with E-state index < -0.39 is 0 Å². The minimum atomic E-state index is 0.875. The molecule has 178 valence electrons. The van der Waals surface area contributed by atoms with Crippen LogP contribution in [0.5, 0.6) is 0 Å². The number of hydrogen-bond donors (Lipinski definition) is 2. The Balaban J connectivity index is 1.28. The summed E-state index contributed by atoms with van der Waals surface area (Å²) in [6.07, 6.45) is 8.41. The normalized spacial score (nSPS) is 14.4. The maximum atomic E-state index is 4.68. The molecule has 0 bridgehead atoms. The van der Waals surface area contributed by atoms with Crippen molar-refractivity contribution in [3.8, 4) is 33.0 Å². The molecule has 1 fully saturated rings. The summed E-state index contributed by atoms with van der Waals surface area (Å²) in [6.45, 7) is 5.47. The Morgan fingerprint density at radius 3 is 2.72 bits per heavy atom. The van der Waals surface area contributed by atoms with Gasteiger partial charge in [-0.25, -0.2) is 4.98 Å². The van der Waals surface area contributed by atoms with Crippen molar-refractivity contribution in [1.82, 2.24) is 30.0 Å². The number of nitrogens with one attached hydrogen (secondary N) is 2. The minimum absolute atomic E-state index is 0.875. The number of hydrogen-bond acceptors (Lipinski definition) is 5. The highest BCUT2D eigenvalue weighted by Gasteiger charge is 2.16. The molecule has 0 saturated carbocycles. The molecule has 1 saturated heterocycles. The minimum Gasteiger partial charge on any atom is -0.338 e. The van der Waals surface area contributed by atoms with Crippen molar-refractivity contribution in [2.75, 3.05) is 13.1 Å². The zero-order chi connectivity index (χ0) is 24.1. The van der Waals surface area contributed by atoms with Gasteiger partial charge in [0.15, 0.2) is 0 Å². The van der Waals surface area contributed by atoms with Gasteiger partial charge in [0.2, 0.25) is 0 Å². The van der Waals surface area contributed by atoms with Gasteiger partial charge in [-0.05, 0) is 86.4 Å². The van der Waals surface area contributed by atoms with Gasteiger partial charge in [-0.2, -0.15) is 5.10 Å². The lowest BCUT2D eigenvalue weighted by atomic mass is 10.0. The summed E-state index contributed by atoms with van der Waals surface area (Å²) in [5.41, 5.74) is 8.48. The molecule has 0 aliphatic carbocycles. The molecule has 0 radical (unpaired) electrons. The molecule has 0 amide bonds. The van der Waals surface area contributed by atoms with E-state index in [4.69, 9.17) is 0 Å². The van der Waals surface area contributed by atoms with E-state index in [1.807, 2.05) is 18.6 Å². The number of likely N-dealkylation sites (tertiary alicyclic amines) is 1. The molecule has 1 aliphatic heterocycles. The van der Waals surface area contributed by atoms with E-state index in [0.717, 1.165) is 51.0 Å². The third-order valence-corrected chi connectivity index (χ3v) is 8.12. The zero-order valence-corrected chi connectivity index (χ0v) is 20.9. The summed E-state index contributed by atoms with van der Waals surface area (Å²) in [5, 5.41) is 10.1. The van der Waals surface area contributed by atoms with Crippen LogP contribution < -0.4 is 0 Å². The summed E-state index contributed by atoms with van der Waals surface area (Å²) in [7, 11) is 0. The average molecular weight is 491 g/mol. The van der Waals surface area contributed by atoms with Crippen molar-refractivity contribution < 1.29 is 0 Å². The monoisotopic (exact) mass is 490 g/mol. The van der Waals surface area contributed by atoms with Gasteiger partial charge < -0.3 is 4.98 Å². The second-order valence-electron chi connectivity index (χ2n) is 9.61. The molecule has 0 spiro atoms. The molecule has 7 heteroatoms. The quantitative estimate of drug-likeness (QED) is 0.279. The van der Waals surface area contributed by atoms with E-state index >= 15 is 0 Å². The van der Waals surface area contributed by atoms with Gasteiger partial charge >= 0.3 is 0 Å². The van der Waals surface area contributed by atoms with Crippen LogP contribution in [0, 0.1) is 6.92 Å². The van der Waals surface area contributed by atoms with Crippen LogP contribution >= 0.6 is 11.3 Å². The fraction of sp³-hybridized carbons (Fsp3) is 0.207. The highest BCUT2D eigenvalue weighted by atomic mass is 32.1.